The lowest BCUT2D eigenvalue weighted by Gasteiger charge is -2.10. The molecule has 0 aliphatic rings. The maximum Gasteiger partial charge on any atom is 0.118 e. The van der Waals surface area contributed by atoms with E-state index < -0.39 is 0 Å². The molecule has 0 aliphatic carbocycles. The zero-order valence-corrected chi connectivity index (χ0v) is 14.0. The maximum absolute atomic E-state index is 8.84. The highest BCUT2D eigenvalue weighted by atomic mass is 16.5. The summed E-state index contributed by atoms with van der Waals surface area (Å²) in [6, 6.07) is 21.3. The van der Waals surface area contributed by atoms with Crippen molar-refractivity contribution >= 4 is 5.69 Å². The van der Waals surface area contributed by atoms with Gasteiger partial charge in [0.05, 0.1) is 14.2 Å². The van der Waals surface area contributed by atoms with E-state index in [2.05, 4.69) is 10.0 Å². The summed E-state index contributed by atoms with van der Waals surface area (Å²) in [5.74, 6) is 1.59. The molecule has 0 saturated heterocycles. The third-order valence-electron chi connectivity index (χ3n) is 3.97. The molecule has 3 aromatic carbocycles. The minimum atomic E-state index is 0.588. The van der Waals surface area contributed by atoms with E-state index in [-0.39, 0.29) is 0 Å². The van der Waals surface area contributed by atoms with Gasteiger partial charge in [-0.25, -0.2) is 0 Å². The van der Waals surface area contributed by atoms with Crippen molar-refractivity contribution in [1.82, 2.24) is 0 Å². The van der Waals surface area contributed by atoms with Crippen molar-refractivity contribution in [3.05, 3.63) is 77.2 Å². The van der Waals surface area contributed by atoms with E-state index in [4.69, 9.17) is 15.0 Å². The molecule has 0 atom stereocenters. The summed E-state index contributed by atoms with van der Waals surface area (Å²) in [5, 5.41) is 3.82. The van der Waals surface area contributed by atoms with Gasteiger partial charge in [-0.1, -0.05) is 41.5 Å². The van der Waals surface area contributed by atoms with Crippen molar-refractivity contribution in [3.8, 4) is 33.8 Å². The van der Waals surface area contributed by atoms with Gasteiger partial charge in [0.2, 0.25) is 0 Å². The number of methoxy groups -OCH3 is 2. The second-order valence-electron chi connectivity index (χ2n) is 5.38. The van der Waals surface area contributed by atoms with Crippen molar-refractivity contribution in [2.75, 3.05) is 14.2 Å². The first-order chi connectivity index (χ1) is 12.2. The van der Waals surface area contributed by atoms with E-state index in [1.807, 2.05) is 66.7 Å². The molecule has 0 aromatic heterocycles. The van der Waals surface area contributed by atoms with Crippen LogP contribution in [0.2, 0.25) is 0 Å². The molecule has 0 saturated carbocycles. The van der Waals surface area contributed by atoms with Gasteiger partial charge in [0, 0.05) is 10.6 Å². The summed E-state index contributed by atoms with van der Waals surface area (Å²) < 4.78 is 10.4. The zero-order chi connectivity index (χ0) is 17.6. The minimum absolute atomic E-state index is 0.588. The second kappa shape index (κ2) is 7.43. The summed E-state index contributed by atoms with van der Waals surface area (Å²) in [5.41, 5.74) is 13.3. The molecular formula is C20H17N3O2. The lowest BCUT2D eigenvalue weighted by molar-refractivity contribution is 0.415. The summed E-state index contributed by atoms with van der Waals surface area (Å²) in [6.45, 7) is 0. The lowest BCUT2D eigenvalue weighted by Crippen LogP contribution is -1.86. The Morgan fingerprint density at radius 2 is 1.24 bits per heavy atom. The normalized spacial score (nSPS) is 10.0. The molecular weight excluding hydrogens is 314 g/mol. The Bertz CT molecular complexity index is 913. The van der Waals surface area contributed by atoms with Gasteiger partial charge >= 0.3 is 0 Å². The molecule has 0 heterocycles. The number of rotatable bonds is 5. The van der Waals surface area contributed by atoms with Crippen molar-refractivity contribution in [3.63, 3.8) is 0 Å². The summed E-state index contributed by atoms with van der Waals surface area (Å²) in [4.78, 5) is 2.93. The summed E-state index contributed by atoms with van der Waals surface area (Å²) >= 11 is 0. The standard InChI is InChI=1S/C20H17N3O2/c1-24-17-8-3-14(4-9-17)16-7-12-20(22-23-21)19(13-16)15-5-10-18(25-2)11-6-15/h3-13H,1-2H3. The Morgan fingerprint density at radius 1 is 0.720 bits per heavy atom. The second-order valence-corrected chi connectivity index (χ2v) is 5.38. The average molecular weight is 331 g/mol. The topological polar surface area (TPSA) is 67.2 Å². The van der Waals surface area contributed by atoms with Crippen molar-refractivity contribution < 1.29 is 9.47 Å². The third-order valence-corrected chi connectivity index (χ3v) is 3.97. The Hall–Kier alpha value is -3.43. The SMILES string of the molecule is COc1ccc(-c2ccc(N=[N+]=[N-])c(-c3ccc(OC)cc3)c2)cc1. The molecule has 3 aromatic rings. The number of hydrogen-bond donors (Lipinski definition) is 0. The predicted octanol–water partition coefficient (Wildman–Crippen LogP) is 5.98. The van der Waals surface area contributed by atoms with Crippen LogP contribution in [0.4, 0.5) is 5.69 Å². The first kappa shape index (κ1) is 16.4. The first-order valence-electron chi connectivity index (χ1n) is 7.73. The molecule has 0 N–H and O–H groups in total. The first-order valence-corrected chi connectivity index (χ1v) is 7.73. The molecule has 5 nitrogen and oxygen atoms in total. The Kier molecular flexibility index (Phi) is 4.88. The number of azide groups is 1. The molecule has 0 aliphatic heterocycles. The highest BCUT2D eigenvalue weighted by Crippen LogP contribution is 2.35. The molecule has 0 fully saturated rings. The van der Waals surface area contributed by atoms with Crippen molar-refractivity contribution in [1.29, 1.82) is 0 Å². The smallest absolute Gasteiger partial charge is 0.118 e. The lowest BCUT2D eigenvalue weighted by atomic mass is 9.97. The van der Waals surface area contributed by atoms with E-state index >= 15 is 0 Å². The van der Waals surface area contributed by atoms with E-state index in [9.17, 15) is 0 Å². The number of hydrogen-bond acceptors (Lipinski definition) is 3. The maximum atomic E-state index is 8.84. The molecule has 5 heteroatoms. The monoisotopic (exact) mass is 331 g/mol. The average Bonchev–Trinajstić information content (AvgIpc) is 2.69. The van der Waals surface area contributed by atoms with Crippen molar-refractivity contribution in [2.45, 2.75) is 0 Å². The Labute approximate surface area is 146 Å². The Balaban J connectivity index is 2.08. The predicted molar refractivity (Wildman–Crippen MR) is 99.2 cm³/mol. The molecule has 0 amide bonds. The van der Waals surface area contributed by atoms with Gasteiger partial charge in [-0.05, 0) is 58.1 Å². The quantitative estimate of drug-likeness (QED) is 0.328. The van der Waals surface area contributed by atoms with Crippen LogP contribution in [-0.4, -0.2) is 14.2 Å². The van der Waals surface area contributed by atoms with E-state index in [0.717, 1.165) is 33.8 Å². The fourth-order valence-corrected chi connectivity index (χ4v) is 2.64. The van der Waals surface area contributed by atoms with Crippen LogP contribution >= 0.6 is 0 Å². The molecule has 3 rings (SSSR count). The van der Waals surface area contributed by atoms with Crippen LogP contribution in [0.5, 0.6) is 11.5 Å². The van der Waals surface area contributed by atoms with Crippen LogP contribution in [0.3, 0.4) is 0 Å². The zero-order valence-electron chi connectivity index (χ0n) is 14.0. The fraction of sp³-hybridized carbons (Fsp3) is 0.100. The van der Waals surface area contributed by atoms with Gasteiger partial charge in [0.15, 0.2) is 0 Å². The number of ether oxygens (including phenoxy) is 2. The minimum Gasteiger partial charge on any atom is -0.497 e. The summed E-state index contributed by atoms with van der Waals surface area (Å²) in [7, 11) is 3.27. The van der Waals surface area contributed by atoms with Crippen LogP contribution < -0.4 is 9.47 Å². The largest absolute Gasteiger partial charge is 0.497 e. The van der Waals surface area contributed by atoms with Crippen molar-refractivity contribution in [2.24, 2.45) is 5.11 Å². The van der Waals surface area contributed by atoms with Gasteiger partial charge in [-0.15, -0.1) is 0 Å². The van der Waals surface area contributed by atoms with Crippen LogP contribution in [-0.2, 0) is 0 Å². The van der Waals surface area contributed by atoms with Gasteiger partial charge in [0.1, 0.15) is 11.5 Å². The van der Waals surface area contributed by atoms with Crippen LogP contribution in [0.25, 0.3) is 32.7 Å². The molecule has 0 bridgehead atoms. The fourth-order valence-electron chi connectivity index (χ4n) is 2.64. The third kappa shape index (κ3) is 3.57. The molecule has 124 valence electrons. The molecule has 0 spiro atoms. The van der Waals surface area contributed by atoms with E-state index in [0.29, 0.717) is 5.69 Å². The van der Waals surface area contributed by atoms with Crippen LogP contribution in [0.15, 0.2) is 71.8 Å². The molecule has 25 heavy (non-hydrogen) atoms. The highest BCUT2D eigenvalue weighted by molar-refractivity contribution is 5.81. The van der Waals surface area contributed by atoms with Gasteiger partial charge < -0.3 is 9.47 Å². The van der Waals surface area contributed by atoms with Gasteiger partial charge in [-0.3, -0.25) is 0 Å². The number of nitrogens with zero attached hydrogens (tertiary/aromatic N) is 3. The van der Waals surface area contributed by atoms with Crippen LogP contribution in [0.1, 0.15) is 0 Å². The van der Waals surface area contributed by atoms with E-state index in [1.165, 1.54) is 0 Å². The van der Waals surface area contributed by atoms with E-state index in [1.54, 1.807) is 14.2 Å². The van der Waals surface area contributed by atoms with Gasteiger partial charge in [0.25, 0.3) is 0 Å². The molecule has 0 radical (unpaired) electrons. The number of benzene rings is 3. The highest BCUT2D eigenvalue weighted by Gasteiger charge is 2.08. The molecule has 0 unspecified atom stereocenters. The van der Waals surface area contributed by atoms with Crippen LogP contribution in [0, 0.1) is 0 Å². The summed E-state index contributed by atoms with van der Waals surface area (Å²) in [6.07, 6.45) is 0. The van der Waals surface area contributed by atoms with Gasteiger partial charge in [-0.2, -0.15) is 0 Å². The Morgan fingerprint density at radius 3 is 1.76 bits per heavy atom.